The lowest BCUT2D eigenvalue weighted by Crippen LogP contribution is -2.28. The van der Waals surface area contributed by atoms with Crippen LogP contribution in [0.2, 0.25) is 0 Å². The van der Waals surface area contributed by atoms with Crippen molar-refractivity contribution in [3.8, 4) is 11.5 Å². The van der Waals surface area contributed by atoms with Crippen molar-refractivity contribution in [3.63, 3.8) is 0 Å². The normalized spacial score (nSPS) is 17.5. The van der Waals surface area contributed by atoms with Crippen molar-refractivity contribution >= 4 is 46.3 Å². The molecule has 1 aromatic rings. The molecule has 2 aliphatic rings. The van der Waals surface area contributed by atoms with Gasteiger partial charge in [0.25, 0.3) is 5.88 Å². The van der Waals surface area contributed by atoms with Crippen LogP contribution in [0.15, 0.2) is 22.6 Å². The maximum absolute atomic E-state index is 12.0. The predicted molar refractivity (Wildman–Crippen MR) is 87.7 cm³/mol. The molecule has 0 atom stereocenters. The molecule has 2 heterocycles. The molecular formula is C16H13NO6S. The predicted octanol–water partition coefficient (Wildman–Crippen LogP) is 2.28. The first-order valence-corrected chi connectivity index (χ1v) is 7.61. The van der Waals surface area contributed by atoms with E-state index in [9.17, 15) is 19.5 Å². The van der Waals surface area contributed by atoms with Gasteiger partial charge in [0, 0.05) is 36.6 Å². The molecular weight excluding hydrogens is 334 g/mol. The van der Waals surface area contributed by atoms with Gasteiger partial charge >= 0.3 is 5.97 Å². The van der Waals surface area contributed by atoms with Crippen molar-refractivity contribution in [2.24, 2.45) is 0 Å². The minimum atomic E-state index is -0.724. The Labute approximate surface area is 142 Å². The first-order chi connectivity index (χ1) is 11.4. The average molecular weight is 347 g/mol. The van der Waals surface area contributed by atoms with Gasteiger partial charge in [0.1, 0.15) is 0 Å². The number of rotatable bonds is 3. The number of carbonyl (C=O) groups excluding carboxylic acids is 3. The standard InChI is InChI=1S/C16H13NO6S/c1-8(18)22-15-13(21)14(9-4-2-3-5-10(9)24)23-16(15)17-11(19)6-7-12(17)20/h2-4,21H,5-7H2,1H3. The number of anilines is 1. The maximum Gasteiger partial charge on any atom is 0.308 e. The summed E-state index contributed by atoms with van der Waals surface area (Å²) in [6.07, 6.45) is 5.76. The Bertz CT molecular complexity index is 816. The number of furan rings is 1. The highest BCUT2D eigenvalue weighted by Crippen LogP contribution is 2.47. The third-order valence-electron chi connectivity index (χ3n) is 3.57. The van der Waals surface area contributed by atoms with Crippen LogP contribution in [0.25, 0.3) is 5.57 Å². The van der Waals surface area contributed by atoms with Crippen LogP contribution in [-0.2, 0) is 14.4 Å². The van der Waals surface area contributed by atoms with E-state index in [1.54, 1.807) is 12.2 Å². The molecule has 24 heavy (non-hydrogen) atoms. The van der Waals surface area contributed by atoms with Gasteiger partial charge < -0.3 is 14.3 Å². The third kappa shape index (κ3) is 2.65. The van der Waals surface area contributed by atoms with Crippen LogP contribution in [0, 0.1) is 0 Å². The second-order valence-corrected chi connectivity index (χ2v) is 5.76. The van der Waals surface area contributed by atoms with Gasteiger partial charge in [-0.2, -0.15) is 0 Å². The number of amides is 2. The highest BCUT2D eigenvalue weighted by Gasteiger charge is 2.39. The molecule has 0 unspecified atom stereocenters. The molecule has 1 N–H and O–H groups in total. The minimum Gasteiger partial charge on any atom is -0.502 e. The Morgan fingerprint density at radius 2 is 2.00 bits per heavy atom. The van der Waals surface area contributed by atoms with E-state index in [2.05, 4.69) is 0 Å². The first-order valence-electron chi connectivity index (χ1n) is 7.20. The Morgan fingerprint density at radius 3 is 2.58 bits per heavy atom. The van der Waals surface area contributed by atoms with Crippen LogP contribution >= 0.6 is 12.2 Å². The van der Waals surface area contributed by atoms with E-state index in [-0.39, 0.29) is 30.2 Å². The highest BCUT2D eigenvalue weighted by atomic mass is 32.1. The van der Waals surface area contributed by atoms with Gasteiger partial charge in [-0.1, -0.05) is 30.4 Å². The third-order valence-corrected chi connectivity index (χ3v) is 3.96. The molecule has 0 spiro atoms. The van der Waals surface area contributed by atoms with Crippen LogP contribution in [-0.4, -0.2) is 27.8 Å². The summed E-state index contributed by atoms with van der Waals surface area (Å²) in [5.74, 6) is -2.89. The number of hydrogen-bond donors (Lipinski definition) is 1. The molecule has 3 rings (SSSR count). The van der Waals surface area contributed by atoms with Gasteiger partial charge in [-0.05, 0) is 0 Å². The van der Waals surface area contributed by atoms with Gasteiger partial charge in [-0.3, -0.25) is 14.4 Å². The largest absolute Gasteiger partial charge is 0.502 e. The Morgan fingerprint density at radius 1 is 1.33 bits per heavy atom. The average Bonchev–Trinajstić information content (AvgIpc) is 3.01. The molecule has 1 saturated heterocycles. The van der Waals surface area contributed by atoms with Crippen molar-refractivity contribution in [1.82, 2.24) is 0 Å². The number of thiocarbonyl (C=S) groups is 1. The number of esters is 1. The van der Waals surface area contributed by atoms with Gasteiger partial charge in [0.15, 0.2) is 5.76 Å². The summed E-state index contributed by atoms with van der Waals surface area (Å²) < 4.78 is 10.5. The lowest BCUT2D eigenvalue weighted by atomic mass is 10.0. The van der Waals surface area contributed by atoms with E-state index in [4.69, 9.17) is 21.4 Å². The molecule has 0 aromatic carbocycles. The minimum absolute atomic E-state index is 0.0268. The number of nitrogens with zero attached hydrogens (tertiary/aromatic N) is 1. The summed E-state index contributed by atoms with van der Waals surface area (Å²) in [5.41, 5.74) is 0.434. The second kappa shape index (κ2) is 6.04. The molecule has 1 aromatic heterocycles. The van der Waals surface area contributed by atoms with Gasteiger partial charge in [0.05, 0.1) is 0 Å². The lowest BCUT2D eigenvalue weighted by molar-refractivity contribution is -0.132. The van der Waals surface area contributed by atoms with Crippen LogP contribution in [0.3, 0.4) is 0 Å². The summed E-state index contributed by atoms with van der Waals surface area (Å²) >= 11 is 5.24. The topological polar surface area (TPSA) is 97.0 Å². The monoisotopic (exact) mass is 347 g/mol. The number of imide groups is 1. The molecule has 0 saturated carbocycles. The van der Waals surface area contributed by atoms with E-state index < -0.39 is 23.5 Å². The number of ether oxygens (including phenoxy) is 1. The van der Waals surface area contributed by atoms with E-state index in [0.717, 1.165) is 11.8 Å². The Kier molecular flexibility index (Phi) is 4.06. The van der Waals surface area contributed by atoms with Crippen molar-refractivity contribution in [2.45, 2.75) is 26.2 Å². The van der Waals surface area contributed by atoms with E-state index in [0.29, 0.717) is 16.9 Å². The molecule has 1 fully saturated rings. The zero-order chi connectivity index (χ0) is 17.4. The SMILES string of the molecule is CC(=O)Oc1c(N2C(=O)CCC2=O)oc(C2=CC=CCC2=S)c1O. The van der Waals surface area contributed by atoms with E-state index >= 15 is 0 Å². The van der Waals surface area contributed by atoms with Crippen molar-refractivity contribution in [2.75, 3.05) is 4.90 Å². The summed E-state index contributed by atoms with van der Waals surface area (Å²) in [4.78, 5) is 36.5. The van der Waals surface area contributed by atoms with Gasteiger partial charge in [-0.25, -0.2) is 4.90 Å². The fourth-order valence-electron chi connectivity index (χ4n) is 2.51. The number of carbonyl (C=O) groups is 3. The lowest BCUT2D eigenvalue weighted by Gasteiger charge is -2.11. The second-order valence-electron chi connectivity index (χ2n) is 5.27. The number of aromatic hydroxyl groups is 1. The molecule has 2 amide bonds. The maximum atomic E-state index is 12.0. The molecule has 0 bridgehead atoms. The quantitative estimate of drug-likeness (QED) is 0.509. The van der Waals surface area contributed by atoms with Crippen molar-refractivity contribution in [1.29, 1.82) is 0 Å². The van der Waals surface area contributed by atoms with Gasteiger partial charge in [-0.15, -0.1) is 0 Å². The summed E-state index contributed by atoms with van der Waals surface area (Å²) in [5, 5.41) is 10.4. The molecule has 124 valence electrons. The summed E-state index contributed by atoms with van der Waals surface area (Å²) in [6, 6.07) is 0. The van der Waals surface area contributed by atoms with Crippen molar-refractivity contribution in [3.05, 3.63) is 24.0 Å². The zero-order valence-corrected chi connectivity index (χ0v) is 13.5. The first kappa shape index (κ1) is 16.1. The number of allylic oxidation sites excluding steroid dienone is 4. The van der Waals surface area contributed by atoms with Crippen LogP contribution in [0.5, 0.6) is 11.5 Å². The molecule has 1 aliphatic carbocycles. The Balaban J connectivity index is 2.16. The Hall–Kier alpha value is -2.74. The van der Waals surface area contributed by atoms with E-state index in [1.807, 2.05) is 6.08 Å². The fourth-order valence-corrected chi connectivity index (χ4v) is 2.77. The smallest absolute Gasteiger partial charge is 0.308 e. The summed E-state index contributed by atoms with van der Waals surface area (Å²) in [6.45, 7) is 1.14. The van der Waals surface area contributed by atoms with Gasteiger partial charge in [0.2, 0.25) is 23.3 Å². The summed E-state index contributed by atoms with van der Waals surface area (Å²) in [7, 11) is 0. The van der Waals surface area contributed by atoms with E-state index in [1.165, 1.54) is 0 Å². The van der Waals surface area contributed by atoms with Crippen LogP contribution in [0.1, 0.15) is 31.9 Å². The van der Waals surface area contributed by atoms with Crippen LogP contribution in [0.4, 0.5) is 5.88 Å². The number of hydrogen-bond acceptors (Lipinski definition) is 7. The fraction of sp³-hybridized carbons (Fsp3) is 0.250. The zero-order valence-electron chi connectivity index (χ0n) is 12.7. The molecule has 7 nitrogen and oxygen atoms in total. The molecule has 8 heteroatoms. The van der Waals surface area contributed by atoms with Crippen molar-refractivity contribution < 1.29 is 28.6 Å². The molecule has 1 aliphatic heterocycles. The molecule has 0 radical (unpaired) electrons. The highest BCUT2D eigenvalue weighted by molar-refractivity contribution is 7.81. The van der Waals surface area contributed by atoms with Crippen LogP contribution < -0.4 is 9.64 Å².